The van der Waals surface area contributed by atoms with Crippen molar-refractivity contribution >= 4 is 38.4 Å². The first-order chi connectivity index (χ1) is 14.6. The molecule has 5 rings (SSSR count). The zero-order valence-corrected chi connectivity index (χ0v) is 17.8. The van der Waals surface area contributed by atoms with Crippen molar-refractivity contribution in [2.45, 2.75) is 25.8 Å². The Bertz CT molecular complexity index is 1230. The number of nitrogens with zero attached hydrogens (tertiary/aromatic N) is 2. The summed E-state index contributed by atoms with van der Waals surface area (Å²) in [6.45, 7) is 3.38. The van der Waals surface area contributed by atoms with E-state index in [0.29, 0.717) is 17.2 Å². The lowest BCUT2D eigenvalue weighted by Gasteiger charge is -2.23. The molecule has 154 valence electrons. The second-order valence-electron chi connectivity index (χ2n) is 7.69. The molecule has 0 bridgehead atoms. The highest BCUT2D eigenvalue weighted by Crippen LogP contribution is 2.36. The molecule has 30 heavy (non-hydrogen) atoms. The van der Waals surface area contributed by atoms with Crippen LogP contribution in [-0.2, 0) is 4.74 Å². The van der Waals surface area contributed by atoms with E-state index in [0.717, 1.165) is 51.9 Å². The SMILES string of the molecule is COCC1CCCN1C(=O)c1cc2nccc(Oc3ccc4[nH]c(C)cc4c3)c2s1. The highest BCUT2D eigenvalue weighted by molar-refractivity contribution is 7.21. The number of aryl methyl sites for hydroxylation is 1. The van der Waals surface area contributed by atoms with Gasteiger partial charge in [0.25, 0.3) is 5.91 Å². The minimum Gasteiger partial charge on any atom is -0.456 e. The normalized spacial score (nSPS) is 16.6. The van der Waals surface area contributed by atoms with Crippen LogP contribution in [-0.4, -0.2) is 47.1 Å². The molecule has 1 aromatic carbocycles. The number of thiophene rings is 1. The highest BCUT2D eigenvalue weighted by Gasteiger charge is 2.30. The smallest absolute Gasteiger partial charge is 0.264 e. The Balaban J connectivity index is 1.45. The van der Waals surface area contributed by atoms with E-state index < -0.39 is 0 Å². The van der Waals surface area contributed by atoms with Crippen molar-refractivity contribution in [3.63, 3.8) is 0 Å². The molecule has 1 unspecified atom stereocenters. The van der Waals surface area contributed by atoms with Crippen LogP contribution < -0.4 is 4.74 Å². The molecule has 4 heterocycles. The zero-order chi connectivity index (χ0) is 20.7. The largest absolute Gasteiger partial charge is 0.456 e. The highest BCUT2D eigenvalue weighted by atomic mass is 32.1. The minimum absolute atomic E-state index is 0.0488. The van der Waals surface area contributed by atoms with Gasteiger partial charge in [-0.3, -0.25) is 9.78 Å². The van der Waals surface area contributed by atoms with Gasteiger partial charge < -0.3 is 19.4 Å². The fourth-order valence-corrected chi connectivity index (χ4v) is 5.18. The number of benzene rings is 1. The first-order valence-electron chi connectivity index (χ1n) is 10.1. The van der Waals surface area contributed by atoms with Gasteiger partial charge >= 0.3 is 0 Å². The first kappa shape index (κ1) is 19.1. The lowest BCUT2D eigenvalue weighted by molar-refractivity contribution is 0.0635. The molecule has 4 aromatic rings. The summed E-state index contributed by atoms with van der Waals surface area (Å²) in [4.78, 5) is 23.5. The maximum Gasteiger partial charge on any atom is 0.264 e. The molecule has 1 aliphatic heterocycles. The van der Waals surface area contributed by atoms with Gasteiger partial charge in [0, 0.05) is 42.5 Å². The van der Waals surface area contributed by atoms with Crippen LogP contribution in [0, 0.1) is 6.92 Å². The number of rotatable bonds is 5. The number of likely N-dealkylation sites (tertiary alicyclic amines) is 1. The molecule has 0 saturated carbocycles. The van der Waals surface area contributed by atoms with Crippen LogP contribution in [0.4, 0.5) is 0 Å². The molecule has 1 N–H and O–H groups in total. The Morgan fingerprint density at radius 2 is 2.20 bits per heavy atom. The van der Waals surface area contributed by atoms with Crippen molar-refractivity contribution < 1.29 is 14.3 Å². The summed E-state index contributed by atoms with van der Waals surface area (Å²) < 4.78 is 12.4. The van der Waals surface area contributed by atoms with Crippen LogP contribution in [0.1, 0.15) is 28.2 Å². The number of amides is 1. The third-order valence-electron chi connectivity index (χ3n) is 5.54. The van der Waals surface area contributed by atoms with Gasteiger partial charge in [-0.05, 0) is 50.1 Å². The van der Waals surface area contributed by atoms with Crippen molar-refractivity contribution in [1.29, 1.82) is 0 Å². The molecule has 1 saturated heterocycles. The lowest BCUT2D eigenvalue weighted by atomic mass is 10.2. The van der Waals surface area contributed by atoms with Crippen LogP contribution in [0.3, 0.4) is 0 Å². The number of nitrogens with one attached hydrogen (secondary N) is 1. The number of hydrogen-bond donors (Lipinski definition) is 1. The number of carbonyl (C=O) groups is 1. The summed E-state index contributed by atoms with van der Waals surface area (Å²) in [6, 6.07) is 11.9. The Hall–Kier alpha value is -2.90. The van der Waals surface area contributed by atoms with Crippen molar-refractivity contribution in [3.8, 4) is 11.5 Å². The quantitative estimate of drug-likeness (QED) is 0.485. The van der Waals surface area contributed by atoms with E-state index in [2.05, 4.69) is 16.0 Å². The average molecular weight is 422 g/mol. The van der Waals surface area contributed by atoms with Crippen LogP contribution in [0.2, 0.25) is 0 Å². The molecule has 6 nitrogen and oxygen atoms in total. The molecule has 1 fully saturated rings. The predicted molar refractivity (Wildman–Crippen MR) is 119 cm³/mol. The zero-order valence-electron chi connectivity index (χ0n) is 17.0. The number of H-pyrrole nitrogens is 1. The topological polar surface area (TPSA) is 67.4 Å². The molecule has 7 heteroatoms. The van der Waals surface area contributed by atoms with Crippen molar-refractivity contribution in [3.05, 3.63) is 53.2 Å². The second-order valence-corrected chi connectivity index (χ2v) is 8.74. The Kier molecular flexibility index (Phi) is 4.92. The van der Waals surface area contributed by atoms with Gasteiger partial charge in [0.15, 0.2) is 0 Å². The van der Waals surface area contributed by atoms with Crippen LogP contribution in [0.5, 0.6) is 11.5 Å². The van der Waals surface area contributed by atoms with Gasteiger partial charge in [-0.1, -0.05) is 0 Å². The summed E-state index contributed by atoms with van der Waals surface area (Å²) in [5, 5.41) is 1.11. The lowest BCUT2D eigenvalue weighted by Crippen LogP contribution is -2.37. The first-order valence-corrected chi connectivity index (χ1v) is 10.9. The number of pyridine rings is 1. The van der Waals surface area contributed by atoms with E-state index in [1.165, 1.54) is 11.3 Å². The van der Waals surface area contributed by atoms with Crippen LogP contribution in [0.15, 0.2) is 42.6 Å². The molecule has 0 aliphatic carbocycles. The molecular weight excluding hydrogens is 398 g/mol. The number of methoxy groups -OCH3 is 1. The number of hydrogen-bond acceptors (Lipinski definition) is 5. The predicted octanol–water partition coefficient (Wildman–Crippen LogP) is 5.13. The van der Waals surface area contributed by atoms with Gasteiger partial charge in [-0.25, -0.2) is 0 Å². The van der Waals surface area contributed by atoms with E-state index in [1.807, 2.05) is 42.2 Å². The van der Waals surface area contributed by atoms with Crippen molar-refractivity contribution in [1.82, 2.24) is 14.9 Å². The summed E-state index contributed by atoms with van der Waals surface area (Å²) in [6.07, 6.45) is 3.72. The van der Waals surface area contributed by atoms with E-state index >= 15 is 0 Å². The molecule has 0 spiro atoms. The third kappa shape index (κ3) is 3.44. The fourth-order valence-electron chi connectivity index (χ4n) is 4.16. The molecule has 3 aromatic heterocycles. The van der Waals surface area contributed by atoms with Gasteiger partial charge in [0.2, 0.25) is 0 Å². The van der Waals surface area contributed by atoms with Gasteiger partial charge in [-0.2, -0.15) is 0 Å². The van der Waals surface area contributed by atoms with E-state index in [-0.39, 0.29) is 11.9 Å². The van der Waals surface area contributed by atoms with E-state index in [4.69, 9.17) is 9.47 Å². The molecule has 1 atom stereocenters. The molecular formula is C23H23N3O3S. The number of aromatic nitrogens is 2. The average Bonchev–Trinajstić information content (AvgIpc) is 3.45. The second kappa shape index (κ2) is 7.74. The number of fused-ring (bicyclic) bond motifs is 2. The molecule has 1 amide bonds. The summed E-state index contributed by atoms with van der Waals surface area (Å²) >= 11 is 1.44. The third-order valence-corrected chi connectivity index (χ3v) is 6.67. The number of aromatic amines is 1. The maximum atomic E-state index is 13.1. The summed E-state index contributed by atoms with van der Waals surface area (Å²) in [5.74, 6) is 1.52. The minimum atomic E-state index is 0.0488. The number of carbonyl (C=O) groups excluding carboxylic acids is 1. The van der Waals surface area contributed by atoms with E-state index in [1.54, 1.807) is 13.3 Å². The Morgan fingerprint density at radius 3 is 3.07 bits per heavy atom. The molecule has 1 aliphatic rings. The maximum absolute atomic E-state index is 13.1. The fraction of sp³-hybridized carbons (Fsp3) is 0.304. The summed E-state index contributed by atoms with van der Waals surface area (Å²) in [7, 11) is 1.68. The van der Waals surface area contributed by atoms with Crippen LogP contribution >= 0.6 is 11.3 Å². The van der Waals surface area contributed by atoms with Gasteiger partial charge in [0.1, 0.15) is 11.5 Å². The van der Waals surface area contributed by atoms with Crippen molar-refractivity contribution in [2.75, 3.05) is 20.3 Å². The molecule has 0 radical (unpaired) electrons. The summed E-state index contributed by atoms with van der Waals surface area (Å²) in [5.41, 5.74) is 2.98. The van der Waals surface area contributed by atoms with Crippen molar-refractivity contribution in [2.24, 2.45) is 0 Å². The standard InChI is InChI=1S/C23H23N3O3S/c1-14-10-15-11-17(5-6-18(15)25-14)29-20-7-8-24-19-12-21(30-22(19)20)23(27)26-9-3-4-16(26)13-28-2/h5-8,10-12,16,25H,3-4,9,13H2,1-2H3. The van der Waals surface area contributed by atoms with E-state index in [9.17, 15) is 4.79 Å². The van der Waals surface area contributed by atoms with Crippen LogP contribution in [0.25, 0.3) is 21.1 Å². The number of ether oxygens (including phenoxy) is 2. The van der Waals surface area contributed by atoms with Gasteiger partial charge in [0.05, 0.1) is 27.7 Å². The van der Waals surface area contributed by atoms with Gasteiger partial charge in [-0.15, -0.1) is 11.3 Å². The Labute approximate surface area is 178 Å². The Morgan fingerprint density at radius 1 is 1.30 bits per heavy atom. The monoisotopic (exact) mass is 421 g/mol.